The number of fused-ring (bicyclic) bond motifs is 4. The third kappa shape index (κ3) is 4.26. The summed E-state index contributed by atoms with van der Waals surface area (Å²) in [6.07, 6.45) is 7.18. The third-order valence-electron chi connectivity index (χ3n) is 10.8. The van der Waals surface area contributed by atoms with Gasteiger partial charge in [0.25, 0.3) is 0 Å². The Kier molecular flexibility index (Phi) is 6.64. The van der Waals surface area contributed by atoms with Gasteiger partial charge in [-0.2, -0.15) is 0 Å². The van der Waals surface area contributed by atoms with Crippen LogP contribution in [0.4, 0.5) is 0 Å². The van der Waals surface area contributed by atoms with Crippen molar-refractivity contribution in [3.63, 3.8) is 0 Å². The van der Waals surface area contributed by atoms with Crippen molar-refractivity contribution in [2.75, 3.05) is 0 Å². The van der Waals surface area contributed by atoms with Crippen molar-refractivity contribution in [2.45, 2.75) is 52.4 Å². The van der Waals surface area contributed by atoms with Gasteiger partial charge in [0, 0.05) is 11.8 Å². The Morgan fingerprint density at radius 1 is 0.444 bits per heavy atom. The van der Waals surface area contributed by atoms with E-state index in [1.165, 1.54) is 66.1 Å². The van der Waals surface area contributed by atoms with E-state index in [0.29, 0.717) is 11.8 Å². The smallest absolute Gasteiger partial charge is 0.0118 e. The molecule has 0 nitrogen and oxygen atoms in total. The Morgan fingerprint density at radius 3 is 1.27 bits per heavy atom. The maximum absolute atomic E-state index is 2.54. The monoisotopic (exact) mass is 580 g/mol. The molecule has 0 heterocycles. The third-order valence-corrected chi connectivity index (χ3v) is 10.8. The zero-order valence-electron chi connectivity index (χ0n) is 26.8. The molecule has 2 unspecified atom stereocenters. The van der Waals surface area contributed by atoms with E-state index in [1.54, 1.807) is 11.1 Å². The minimum Gasteiger partial charge on any atom is -0.0618 e. The Hall–Kier alpha value is -4.68. The van der Waals surface area contributed by atoms with E-state index in [9.17, 15) is 0 Å². The summed E-state index contributed by atoms with van der Waals surface area (Å²) in [6.45, 7) is 9.76. The second-order valence-corrected chi connectivity index (χ2v) is 13.5. The topological polar surface area (TPSA) is 0 Å². The van der Waals surface area contributed by atoms with E-state index < -0.39 is 0 Å². The lowest BCUT2D eigenvalue weighted by atomic mass is 9.61. The highest BCUT2D eigenvalue weighted by Gasteiger charge is 2.46. The molecule has 2 aliphatic rings. The molecular formula is C45H40. The number of allylic oxidation sites excluding steroid dienone is 2. The number of hydrogen-bond donors (Lipinski definition) is 0. The summed E-state index contributed by atoms with van der Waals surface area (Å²) < 4.78 is 0. The molecule has 220 valence electrons. The average molecular weight is 581 g/mol. The van der Waals surface area contributed by atoms with E-state index in [0.717, 1.165) is 12.8 Å². The van der Waals surface area contributed by atoms with Crippen LogP contribution in [0.1, 0.15) is 74.6 Å². The van der Waals surface area contributed by atoms with E-state index >= 15 is 0 Å². The largest absolute Gasteiger partial charge is 0.0618 e. The molecule has 6 aromatic carbocycles. The van der Waals surface area contributed by atoms with Gasteiger partial charge in [-0.1, -0.05) is 172 Å². The van der Waals surface area contributed by atoms with Gasteiger partial charge in [-0.05, 0) is 84.3 Å². The molecule has 0 spiro atoms. The predicted molar refractivity (Wildman–Crippen MR) is 195 cm³/mol. The van der Waals surface area contributed by atoms with Crippen molar-refractivity contribution in [3.8, 4) is 22.3 Å². The predicted octanol–water partition coefficient (Wildman–Crippen LogP) is 12.8. The molecule has 0 amide bonds. The maximum Gasteiger partial charge on any atom is 0.0118 e. The summed E-state index contributed by atoms with van der Waals surface area (Å²) >= 11 is 0. The fourth-order valence-electron chi connectivity index (χ4n) is 8.86. The molecule has 2 aliphatic carbocycles. The van der Waals surface area contributed by atoms with Gasteiger partial charge in [-0.25, -0.2) is 0 Å². The number of rotatable bonds is 6. The Labute approximate surface area is 267 Å². The Morgan fingerprint density at radius 2 is 0.822 bits per heavy atom. The minimum atomic E-state index is -0.0189. The molecule has 0 radical (unpaired) electrons. The van der Waals surface area contributed by atoms with Gasteiger partial charge in [0.05, 0.1) is 0 Å². The van der Waals surface area contributed by atoms with Gasteiger partial charge in [0.1, 0.15) is 0 Å². The van der Waals surface area contributed by atoms with Gasteiger partial charge in [-0.3, -0.25) is 0 Å². The lowest BCUT2D eigenvalue weighted by Crippen LogP contribution is -2.30. The van der Waals surface area contributed by atoms with Crippen LogP contribution < -0.4 is 0 Å². The summed E-state index contributed by atoms with van der Waals surface area (Å²) in [6, 6.07) is 45.1. The molecule has 6 aromatic rings. The lowest BCUT2D eigenvalue weighted by Gasteiger charge is -2.42. The van der Waals surface area contributed by atoms with E-state index in [4.69, 9.17) is 0 Å². The van der Waals surface area contributed by atoms with Crippen LogP contribution in [0.2, 0.25) is 0 Å². The van der Waals surface area contributed by atoms with Crippen LogP contribution >= 0.6 is 0 Å². The first-order valence-electron chi connectivity index (χ1n) is 16.6. The normalized spacial score (nSPS) is 17.3. The summed E-state index contributed by atoms with van der Waals surface area (Å²) in [7, 11) is 0. The second kappa shape index (κ2) is 10.7. The van der Waals surface area contributed by atoms with Crippen LogP contribution in [0, 0.1) is 5.41 Å². The van der Waals surface area contributed by atoms with Crippen molar-refractivity contribution < 1.29 is 0 Å². The minimum absolute atomic E-state index is 0.0189. The molecule has 0 fully saturated rings. The Bertz CT molecular complexity index is 2000. The van der Waals surface area contributed by atoms with Crippen molar-refractivity contribution in [2.24, 2.45) is 5.41 Å². The van der Waals surface area contributed by atoms with E-state index in [1.807, 2.05) is 0 Å². The standard InChI is InChI=1S/C45H40/c1-5-29-27-41-37(35-21-11-17-31-15-7-9-19-33(31)35)23-13-25-39(41)43(29)45(3,4)44-30(6-2)28-42-38(24-14-26-40(42)44)36-22-12-18-32-16-8-10-20-34(32)36/h7-28,43-44H,5-6H2,1-4H3. The van der Waals surface area contributed by atoms with Crippen LogP contribution in [0.3, 0.4) is 0 Å². The molecule has 0 bridgehead atoms. The van der Waals surface area contributed by atoms with Crippen LogP contribution in [0.15, 0.2) is 132 Å². The van der Waals surface area contributed by atoms with Crippen molar-refractivity contribution >= 4 is 33.7 Å². The SMILES string of the molecule is CCC1=Cc2c(-c3cccc4ccccc34)cccc2C1C(C)(C)C1C(CC)=Cc2c(-c3cccc4ccccc34)cccc21. The second-order valence-electron chi connectivity index (χ2n) is 13.5. The molecule has 0 saturated carbocycles. The highest BCUT2D eigenvalue weighted by atomic mass is 14.5. The van der Waals surface area contributed by atoms with E-state index in [2.05, 4.69) is 161 Å². The summed E-state index contributed by atoms with van der Waals surface area (Å²) in [5, 5.41) is 5.24. The Balaban J connectivity index is 1.27. The first kappa shape index (κ1) is 27.8. The van der Waals surface area contributed by atoms with Crippen molar-refractivity contribution in [3.05, 3.63) is 155 Å². The van der Waals surface area contributed by atoms with Gasteiger partial charge >= 0.3 is 0 Å². The molecule has 45 heavy (non-hydrogen) atoms. The highest BCUT2D eigenvalue weighted by Crippen LogP contribution is 2.61. The highest BCUT2D eigenvalue weighted by molar-refractivity contribution is 6.01. The number of benzene rings is 6. The van der Waals surface area contributed by atoms with Crippen molar-refractivity contribution in [1.82, 2.24) is 0 Å². The summed E-state index contributed by atoms with van der Waals surface area (Å²) in [4.78, 5) is 0. The van der Waals surface area contributed by atoms with Crippen LogP contribution in [0.25, 0.3) is 56.0 Å². The maximum atomic E-state index is 2.54. The zero-order chi connectivity index (χ0) is 30.7. The molecule has 0 saturated heterocycles. The van der Waals surface area contributed by atoms with Crippen LogP contribution in [-0.2, 0) is 0 Å². The van der Waals surface area contributed by atoms with Crippen LogP contribution in [-0.4, -0.2) is 0 Å². The summed E-state index contributed by atoms with van der Waals surface area (Å²) in [5.41, 5.74) is 14.2. The molecule has 0 N–H and O–H groups in total. The van der Waals surface area contributed by atoms with E-state index in [-0.39, 0.29) is 5.41 Å². The number of hydrogen-bond acceptors (Lipinski definition) is 0. The zero-order valence-corrected chi connectivity index (χ0v) is 26.8. The molecular weight excluding hydrogens is 540 g/mol. The molecule has 8 rings (SSSR count). The quantitative estimate of drug-likeness (QED) is 0.184. The summed E-state index contributed by atoms with van der Waals surface area (Å²) in [5.74, 6) is 0.694. The van der Waals surface area contributed by atoms with Gasteiger partial charge in [0.15, 0.2) is 0 Å². The average Bonchev–Trinajstić information content (AvgIpc) is 3.67. The molecule has 2 atom stereocenters. The first-order valence-corrected chi connectivity index (χ1v) is 16.6. The van der Waals surface area contributed by atoms with Crippen LogP contribution in [0.5, 0.6) is 0 Å². The molecule has 0 aromatic heterocycles. The lowest BCUT2D eigenvalue weighted by molar-refractivity contribution is 0.269. The van der Waals surface area contributed by atoms with Crippen molar-refractivity contribution in [1.29, 1.82) is 0 Å². The fourth-order valence-corrected chi connectivity index (χ4v) is 8.86. The molecule has 0 aliphatic heterocycles. The van der Waals surface area contributed by atoms with Gasteiger partial charge in [-0.15, -0.1) is 0 Å². The molecule has 0 heteroatoms. The van der Waals surface area contributed by atoms with Gasteiger partial charge < -0.3 is 0 Å². The first-order chi connectivity index (χ1) is 22.0. The fraction of sp³-hybridized carbons (Fsp3) is 0.200. The van der Waals surface area contributed by atoms with Gasteiger partial charge in [0.2, 0.25) is 0 Å².